The molecule has 0 saturated carbocycles. The zero-order valence-corrected chi connectivity index (χ0v) is 30.7. The van der Waals surface area contributed by atoms with Gasteiger partial charge in [-0.2, -0.15) is 0 Å². The summed E-state index contributed by atoms with van der Waals surface area (Å²) in [6.45, 7) is 1.49. The summed E-state index contributed by atoms with van der Waals surface area (Å²) < 4.78 is 0. The van der Waals surface area contributed by atoms with Gasteiger partial charge < -0.3 is 24.4 Å². The van der Waals surface area contributed by atoms with Crippen molar-refractivity contribution >= 4 is 74.6 Å². The van der Waals surface area contributed by atoms with E-state index in [1.165, 1.54) is 90.1 Å². The van der Waals surface area contributed by atoms with Crippen LogP contribution in [0.3, 0.4) is 0 Å². The molecular formula is C50H36BN5. The minimum absolute atomic E-state index is 0.0197. The number of benzene rings is 8. The Morgan fingerprint density at radius 2 is 0.643 bits per heavy atom. The van der Waals surface area contributed by atoms with E-state index in [-0.39, 0.29) is 6.85 Å². The number of hydrogen-bond acceptors (Lipinski definition) is 5. The molecule has 8 aromatic carbocycles. The minimum atomic E-state index is 0.0197. The Morgan fingerprint density at radius 1 is 0.286 bits per heavy atom. The molecule has 56 heavy (non-hydrogen) atoms. The van der Waals surface area contributed by atoms with Crippen molar-refractivity contribution in [2.75, 3.05) is 37.7 Å². The van der Waals surface area contributed by atoms with Crippen LogP contribution in [0.2, 0.25) is 0 Å². The Morgan fingerprint density at radius 3 is 1.07 bits per heavy atom. The van der Waals surface area contributed by atoms with Crippen LogP contribution in [0.25, 0.3) is 22.3 Å². The van der Waals surface area contributed by atoms with Crippen LogP contribution in [-0.2, 0) is 0 Å². The second-order valence-corrected chi connectivity index (χ2v) is 15.0. The summed E-state index contributed by atoms with van der Waals surface area (Å²) in [6.07, 6.45) is 0. The fourth-order valence-electron chi connectivity index (χ4n) is 9.57. The first kappa shape index (κ1) is 31.2. The summed E-state index contributed by atoms with van der Waals surface area (Å²) in [5, 5.41) is 0. The van der Waals surface area contributed by atoms with Crippen molar-refractivity contribution in [3.05, 3.63) is 194 Å². The largest absolute Gasteiger partial charge is 0.376 e. The Bertz CT molecular complexity index is 2630. The molecule has 0 unspecified atom stereocenters. The van der Waals surface area contributed by atoms with E-state index in [4.69, 9.17) is 0 Å². The first-order valence-corrected chi connectivity index (χ1v) is 19.4. The SMILES string of the molecule is c1ccc(N2CN(c3ccc4c(c3)N3B(c5ccccc5-4)c4ccccc4-c4ccc(N5CN(c6ccccc6)c6ccccc65)cc43)c3ccccc32)cc1. The zero-order chi connectivity index (χ0) is 36.7. The Balaban J connectivity index is 1.04. The predicted octanol–water partition coefficient (Wildman–Crippen LogP) is 11.1. The molecule has 0 saturated heterocycles. The minimum Gasteiger partial charge on any atom is -0.376 e. The van der Waals surface area contributed by atoms with Crippen molar-refractivity contribution in [3.8, 4) is 22.3 Å². The van der Waals surface area contributed by atoms with Gasteiger partial charge in [-0.25, -0.2) is 0 Å². The highest BCUT2D eigenvalue weighted by molar-refractivity contribution is 6.92. The number of anilines is 10. The van der Waals surface area contributed by atoms with Gasteiger partial charge in [0.1, 0.15) is 13.3 Å². The summed E-state index contributed by atoms with van der Waals surface area (Å²) in [5.41, 5.74) is 19.8. The van der Waals surface area contributed by atoms with Crippen molar-refractivity contribution in [1.29, 1.82) is 0 Å². The van der Waals surface area contributed by atoms with E-state index in [2.05, 4.69) is 219 Å². The van der Waals surface area contributed by atoms with Gasteiger partial charge in [0.15, 0.2) is 0 Å². The van der Waals surface area contributed by atoms with Crippen LogP contribution in [0.15, 0.2) is 194 Å². The average molecular weight is 718 g/mol. The number of rotatable bonds is 4. The van der Waals surface area contributed by atoms with E-state index in [1.54, 1.807) is 0 Å². The lowest BCUT2D eigenvalue weighted by Gasteiger charge is -2.44. The van der Waals surface area contributed by atoms with Gasteiger partial charge in [-0.1, -0.05) is 121 Å². The summed E-state index contributed by atoms with van der Waals surface area (Å²) in [4.78, 5) is 12.4. The van der Waals surface area contributed by atoms with Crippen LogP contribution >= 0.6 is 0 Å². The second kappa shape index (κ2) is 12.2. The number of para-hydroxylation sites is 6. The van der Waals surface area contributed by atoms with Gasteiger partial charge in [0.2, 0.25) is 0 Å². The maximum atomic E-state index is 2.64. The quantitative estimate of drug-likeness (QED) is 0.168. The molecule has 0 aliphatic carbocycles. The molecule has 4 aliphatic rings. The third-order valence-electron chi connectivity index (χ3n) is 12.1. The van der Waals surface area contributed by atoms with Crippen LogP contribution in [0.1, 0.15) is 0 Å². The molecule has 0 fully saturated rings. The maximum Gasteiger partial charge on any atom is 0.329 e. The van der Waals surface area contributed by atoms with Gasteiger partial charge >= 0.3 is 6.85 Å². The summed E-state index contributed by atoms with van der Waals surface area (Å²) >= 11 is 0. The topological polar surface area (TPSA) is 16.2 Å². The summed E-state index contributed by atoms with van der Waals surface area (Å²) in [5.74, 6) is 0. The van der Waals surface area contributed by atoms with Crippen LogP contribution in [0.4, 0.5) is 56.9 Å². The fraction of sp³-hybridized carbons (Fsp3) is 0.0400. The normalized spacial score (nSPS) is 14.4. The Kier molecular flexibility index (Phi) is 6.78. The Labute approximate surface area is 327 Å². The van der Waals surface area contributed by atoms with Crippen molar-refractivity contribution in [3.63, 3.8) is 0 Å². The van der Waals surface area contributed by atoms with Gasteiger partial charge in [0.25, 0.3) is 0 Å². The Hall–Kier alpha value is -7.18. The molecule has 8 aromatic rings. The highest BCUT2D eigenvalue weighted by Gasteiger charge is 2.43. The lowest BCUT2D eigenvalue weighted by atomic mass is 9.43. The van der Waals surface area contributed by atoms with E-state index < -0.39 is 0 Å². The standard InChI is InChI=1S/C50H36BN5/c1-3-15-35(16-4-1)52-33-54(47-25-13-11-23-45(47)52)37-27-29-41-39-19-7-9-21-43(39)51-44-22-10-8-20-40(44)42-30-28-38(32-50(42)56(51)49(41)31-37)55-34-53(36-17-5-2-6-18-36)46-24-12-14-26-48(46)55/h1-32H,33-34H2. The molecule has 0 amide bonds. The van der Waals surface area contributed by atoms with Crippen LogP contribution in [0.5, 0.6) is 0 Å². The van der Waals surface area contributed by atoms with E-state index in [0.29, 0.717) is 0 Å². The highest BCUT2D eigenvalue weighted by atomic mass is 15.4. The molecule has 4 aliphatic heterocycles. The van der Waals surface area contributed by atoms with E-state index in [0.717, 1.165) is 13.3 Å². The van der Waals surface area contributed by atoms with Crippen molar-refractivity contribution in [2.45, 2.75) is 0 Å². The van der Waals surface area contributed by atoms with Crippen molar-refractivity contribution < 1.29 is 0 Å². The molecule has 12 rings (SSSR count). The maximum absolute atomic E-state index is 2.64. The zero-order valence-electron chi connectivity index (χ0n) is 30.7. The van der Waals surface area contributed by atoms with Crippen LogP contribution in [0, 0.1) is 0 Å². The first-order chi connectivity index (χ1) is 27.8. The molecule has 264 valence electrons. The van der Waals surface area contributed by atoms with E-state index in [9.17, 15) is 0 Å². The summed E-state index contributed by atoms with van der Waals surface area (Å²) in [7, 11) is 0. The smallest absolute Gasteiger partial charge is 0.329 e. The average Bonchev–Trinajstić information content (AvgIpc) is 3.86. The molecule has 0 N–H and O–H groups in total. The van der Waals surface area contributed by atoms with Crippen LogP contribution in [-0.4, -0.2) is 20.2 Å². The van der Waals surface area contributed by atoms with Gasteiger partial charge in [0.05, 0.1) is 22.7 Å². The predicted molar refractivity (Wildman–Crippen MR) is 235 cm³/mol. The third-order valence-corrected chi connectivity index (χ3v) is 12.1. The van der Waals surface area contributed by atoms with Crippen molar-refractivity contribution in [2.24, 2.45) is 0 Å². The van der Waals surface area contributed by atoms with Crippen molar-refractivity contribution in [1.82, 2.24) is 0 Å². The number of fused-ring (bicyclic) bond motifs is 13. The molecular weight excluding hydrogens is 681 g/mol. The van der Waals surface area contributed by atoms with E-state index in [1.807, 2.05) is 0 Å². The highest BCUT2D eigenvalue weighted by Crippen LogP contribution is 2.52. The van der Waals surface area contributed by atoms with E-state index >= 15 is 0 Å². The second-order valence-electron chi connectivity index (χ2n) is 15.0. The molecule has 6 heteroatoms. The monoisotopic (exact) mass is 717 g/mol. The molecule has 0 bridgehead atoms. The molecule has 4 heterocycles. The molecule has 0 radical (unpaired) electrons. The number of nitrogens with zero attached hydrogens (tertiary/aromatic N) is 5. The molecule has 5 nitrogen and oxygen atoms in total. The molecule has 0 aromatic heterocycles. The van der Waals surface area contributed by atoms with Gasteiger partial charge in [-0.15, -0.1) is 0 Å². The number of hydrogen-bond donors (Lipinski definition) is 0. The molecule has 0 atom stereocenters. The summed E-state index contributed by atoms with van der Waals surface area (Å²) in [6, 6.07) is 71.3. The van der Waals surface area contributed by atoms with Gasteiger partial charge in [-0.05, 0) is 94.8 Å². The first-order valence-electron chi connectivity index (χ1n) is 19.4. The lowest BCUT2D eigenvalue weighted by molar-refractivity contribution is 0.990. The molecule has 0 spiro atoms. The van der Waals surface area contributed by atoms with Gasteiger partial charge in [-0.3, -0.25) is 0 Å². The van der Waals surface area contributed by atoms with Gasteiger partial charge in [0, 0.05) is 45.3 Å². The van der Waals surface area contributed by atoms with Crippen LogP contribution < -0.4 is 35.3 Å². The lowest BCUT2D eigenvalue weighted by Crippen LogP contribution is -2.59. The third kappa shape index (κ3) is 4.56. The fourth-order valence-corrected chi connectivity index (χ4v) is 9.57.